The molecule has 0 aromatic heterocycles. The van der Waals surface area contributed by atoms with E-state index in [9.17, 15) is 13.2 Å². The zero-order valence-corrected chi connectivity index (χ0v) is 12.4. The summed E-state index contributed by atoms with van der Waals surface area (Å²) in [5.41, 5.74) is 7.36. The molecule has 1 fully saturated rings. The highest BCUT2D eigenvalue weighted by Gasteiger charge is 2.32. The fourth-order valence-corrected chi connectivity index (χ4v) is 4.17. The van der Waals surface area contributed by atoms with E-state index in [-0.39, 0.29) is 23.5 Å². The summed E-state index contributed by atoms with van der Waals surface area (Å²) in [6.45, 7) is 0. The van der Waals surface area contributed by atoms with Gasteiger partial charge in [-0.25, -0.2) is 8.42 Å². The van der Waals surface area contributed by atoms with Crippen molar-refractivity contribution in [1.82, 2.24) is 4.90 Å². The van der Waals surface area contributed by atoms with Gasteiger partial charge in [0.05, 0.1) is 11.5 Å². The average molecular weight is 296 g/mol. The van der Waals surface area contributed by atoms with E-state index in [2.05, 4.69) is 0 Å². The maximum Gasteiger partial charge on any atom is 0.222 e. The molecule has 2 rings (SSSR count). The fraction of sp³-hybridized carbons (Fsp3) is 0.500. The van der Waals surface area contributed by atoms with Crippen molar-refractivity contribution in [3.05, 3.63) is 29.8 Å². The van der Waals surface area contributed by atoms with Crippen LogP contribution in [-0.4, -0.2) is 43.8 Å². The van der Waals surface area contributed by atoms with Gasteiger partial charge in [0.2, 0.25) is 5.91 Å². The maximum absolute atomic E-state index is 12.1. The summed E-state index contributed by atoms with van der Waals surface area (Å²) in [5, 5.41) is 0. The third-order valence-corrected chi connectivity index (χ3v) is 5.51. The first-order valence-corrected chi connectivity index (χ1v) is 8.50. The van der Waals surface area contributed by atoms with Crippen LogP contribution in [0.4, 0.5) is 5.69 Å². The van der Waals surface area contributed by atoms with Crippen LogP contribution in [-0.2, 0) is 21.1 Å². The minimum Gasteiger partial charge on any atom is -0.399 e. The number of hydrogen-bond donors (Lipinski definition) is 1. The van der Waals surface area contributed by atoms with Crippen LogP contribution < -0.4 is 5.73 Å². The van der Waals surface area contributed by atoms with E-state index < -0.39 is 9.84 Å². The Labute approximate surface area is 119 Å². The van der Waals surface area contributed by atoms with Crippen LogP contribution in [0.3, 0.4) is 0 Å². The van der Waals surface area contributed by atoms with Gasteiger partial charge in [-0.3, -0.25) is 4.79 Å². The fourth-order valence-electron chi connectivity index (χ4n) is 2.40. The molecule has 1 aliphatic heterocycles. The van der Waals surface area contributed by atoms with Crippen LogP contribution in [0.25, 0.3) is 0 Å². The molecule has 110 valence electrons. The number of hydrogen-bond acceptors (Lipinski definition) is 4. The molecule has 2 N–H and O–H groups in total. The summed E-state index contributed by atoms with van der Waals surface area (Å²) in [6, 6.07) is 7.27. The lowest BCUT2D eigenvalue weighted by atomic mass is 10.1. The largest absolute Gasteiger partial charge is 0.399 e. The molecular weight excluding hydrogens is 276 g/mol. The summed E-state index contributed by atoms with van der Waals surface area (Å²) in [5.74, 6) is 0.272. The lowest BCUT2D eigenvalue weighted by molar-refractivity contribution is -0.131. The number of nitrogens with zero attached hydrogens (tertiary/aromatic N) is 1. The quantitative estimate of drug-likeness (QED) is 0.835. The van der Waals surface area contributed by atoms with Gasteiger partial charge in [-0.15, -0.1) is 0 Å². The molecule has 1 aromatic carbocycles. The summed E-state index contributed by atoms with van der Waals surface area (Å²) in [4.78, 5) is 13.7. The molecule has 1 unspecified atom stereocenters. The number of amides is 1. The molecule has 0 saturated carbocycles. The van der Waals surface area contributed by atoms with Crippen molar-refractivity contribution >= 4 is 21.4 Å². The predicted octanol–water partition coefficient (Wildman–Crippen LogP) is 0.847. The highest BCUT2D eigenvalue weighted by atomic mass is 32.2. The number of carbonyl (C=O) groups is 1. The summed E-state index contributed by atoms with van der Waals surface area (Å²) in [7, 11) is -1.26. The number of sulfone groups is 1. The molecule has 1 saturated heterocycles. The van der Waals surface area contributed by atoms with Gasteiger partial charge >= 0.3 is 0 Å². The third kappa shape index (κ3) is 3.72. The molecule has 6 heteroatoms. The topological polar surface area (TPSA) is 80.5 Å². The van der Waals surface area contributed by atoms with Gasteiger partial charge < -0.3 is 10.6 Å². The molecule has 0 bridgehead atoms. The van der Waals surface area contributed by atoms with Crippen LogP contribution in [0.5, 0.6) is 0 Å². The van der Waals surface area contributed by atoms with E-state index >= 15 is 0 Å². The van der Waals surface area contributed by atoms with E-state index in [0.717, 1.165) is 5.56 Å². The lowest BCUT2D eigenvalue weighted by Crippen LogP contribution is -2.37. The molecule has 1 amide bonds. The number of rotatable bonds is 4. The Bertz CT molecular complexity index is 581. The summed E-state index contributed by atoms with van der Waals surface area (Å²) >= 11 is 0. The van der Waals surface area contributed by atoms with Crippen LogP contribution >= 0.6 is 0 Å². The second-order valence-electron chi connectivity index (χ2n) is 5.30. The van der Waals surface area contributed by atoms with Crippen molar-refractivity contribution in [3.8, 4) is 0 Å². The zero-order valence-electron chi connectivity index (χ0n) is 11.6. The van der Waals surface area contributed by atoms with E-state index in [0.29, 0.717) is 24.9 Å². The molecule has 1 aliphatic rings. The van der Waals surface area contributed by atoms with Gasteiger partial charge in [0.25, 0.3) is 0 Å². The number of aryl methyl sites for hydroxylation is 1. The van der Waals surface area contributed by atoms with Gasteiger partial charge in [-0.2, -0.15) is 0 Å². The zero-order chi connectivity index (χ0) is 14.8. The van der Waals surface area contributed by atoms with Crippen LogP contribution in [0.2, 0.25) is 0 Å². The maximum atomic E-state index is 12.1. The van der Waals surface area contributed by atoms with Crippen molar-refractivity contribution in [2.45, 2.75) is 25.3 Å². The van der Waals surface area contributed by atoms with E-state index in [4.69, 9.17) is 5.73 Å². The molecule has 1 atom stereocenters. The third-order valence-electron chi connectivity index (χ3n) is 3.76. The number of anilines is 1. The normalized spacial score (nSPS) is 20.8. The van der Waals surface area contributed by atoms with E-state index in [1.807, 2.05) is 24.3 Å². The molecule has 5 nitrogen and oxygen atoms in total. The number of nitrogens with two attached hydrogens (primary N) is 1. The Kier molecular flexibility index (Phi) is 4.32. The van der Waals surface area contributed by atoms with Crippen LogP contribution in [0.1, 0.15) is 18.4 Å². The highest BCUT2D eigenvalue weighted by molar-refractivity contribution is 7.91. The first kappa shape index (κ1) is 14.8. The molecular formula is C14H20N2O3S. The predicted molar refractivity (Wildman–Crippen MR) is 79.0 cm³/mol. The minimum absolute atomic E-state index is 0.0103. The second kappa shape index (κ2) is 5.83. The van der Waals surface area contributed by atoms with Gasteiger partial charge in [0.15, 0.2) is 9.84 Å². The van der Waals surface area contributed by atoms with Crippen molar-refractivity contribution in [3.63, 3.8) is 0 Å². The lowest BCUT2D eigenvalue weighted by Gasteiger charge is -2.23. The molecule has 20 heavy (non-hydrogen) atoms. The number of nitrogen functional groups attached to an aromatic ring is 1. The van der Waals surface area contributed by atoms with E-state index in [1.54, 1.807) is 11.9 Å². The minimum atomic E-state index is -2.95. The Balaban J connectivity index is 1.87. The smallest absolute Gasteiger partial charge is 0.222 e. The molecule has 1 heterocycles. The van der Waals surface area contributed by atoms with E-state index in [1.165, 1.54) is 0 Å². The van der Waals surface area contributed by atoms with Crippen molar-refractivity contribution in [2.24, 2.45) is 0 Å². The highest BCUT2D eigenvalue weighted by Crippen LogP contribution is 2.17. The summed E-state index contributed by atoms with van der Waals surface area (Å²) in [6.07, 6.45) is 1.58. The number of carbonyl (C=O) groups excluding carboxylic acids is 1. The number of benzene rings is 1. The molecule has 0 radical (unpaired) electrons. The van der Waals surface area contributed by atoms with Crippen LogP contribution in [0.15, 0.2) is 24.3 Å². The SMILES string of the molecule is CN(C(=O)CCc1ccc(N)cc1)C1CCS(=O)(=O)C1. The summed E-state index contributed by atoms with van der Waals surface area (Å²) < 4.78 is 22.9. The first-order chi connectivity index (χ1) is 9.37. The van der Waals surface area contributed by atoms with Gasteiger partial charge in [-0.1, -0.05) is 12.1 Å². The Hall–Kier alpha value is -1.56. The second-order valence-corrected chi connectivity index (χ2v) is 7.53. The van der Waals surface area contributed by atoms with Crippen molar-refractivity contribution < 1.29 is 13.2 Å². The Morgan fingerprint density at radius 2 is 2.00 bits per heavy atom. The van der Waals surface area contributed by atoms with Crippen molar-refractivity contribution in [2.75, 3.05) is 24.3 Å². The monoisotopic (exact) mass is 296 g/mol. The van der Waals surface area contributed by atoms with Gasteiger partial charge in [0.1, 0.15) is 0 Å². The van der Waals surface area contributed by atoms with Gasteiger partial charge in [-0.05, 0) is 30.5 Å². The first-order valence-electron chi connectivity index (χ1n) is 6.68. The Morgan fingerprint density at radius 1 is 1.35 bits per heavy atom. The van der Waals surface area contributed by atoms with Crippen molar-refractivity contribution in [1.29, 1.82) is 0 Å². The Morgan fingerprint density at radius 3 is 2.55 bits per heavy atom. The standard InChI is InChI=1S/C14H20N2O3S/c1-16(13-8-9-20(18,19)10-13)14(17)7-4-11-2-5-12(15)6-3-11/h2-3,5-6,13H,4,7-10,15H2,1H3. The van der Waals surface area contributed by atoms with Crippen LogP contribution in [0, 0.1) is 0 Å². The molecule has 0 aliphatic carbocycles. The molecule has 0 spiro atoms. The van der Waals surface area contributed by atoms with Gasteiger partial charge in [0, 0.05) is 25.2 Å². The molecule has 1 aromatic rings. The average Bonchev–Trinajstić information content (AvgIpc) is 2.77.